The predicted octanol–water partition coefficient (Wildman–Crippen LogP) is 2.90. The maximum absolute atomic E-state index is 11.5. The van der Waals surface area contributed by atoms with Gasteiger partial charge in [0.05, 0.1) is 6.10 Å². The number of hydrogen-bond acceptors (Lipinski definition) is 3. The summed E-state index contributed by atoms with van der Waals surface area (Å²) in [4.78, 5) is 11.5. The smallest absolute Gasteiger partial charge is 0.407 e. The highest BCUT2D eigenvalue weighted by atomic mass is 35.5. The second-order valence-electron chi connectivity index (χ2n) is 4.01. The highest BCUT2D eigenvalue weighted by Crippen LogP contribution is 2.28. The second-order valence-corrected chi connectivity index (χ2v) is 4.42. The number of hydrogen-bond donors (Lipinski definition) is 2. The van der Waals surface area contributed by atoms with Crippen molar-refractivity contribution in [1.29, 1.82) is 0 Å². The van der Waals surface area contributed by atoms with Crippen LogP contribution >= 0.6 is 11.6 Å². The number of aliphatic hydroxyl groups is 1. The predicted molar refractivity (Wildman–Crippen MR) is 70.6 cm³/mol. The molecule has 1 rings (SSSR count). The average molecular weight is 272 g/mol. The fourth-order valence-electron chi connectivity index (χ4n) is 1.51. The zero-order chi connectivity index (χ0) is 13.5. The van der Waals surface area contributed by atoms with E-state index in [1.54, 1.807) is 31.2 Å². The molecule has 4 nitrogen and oxygen atoms in total. The number of alkyl carbamates (subject to hydrolysis) is 1. The molecule has 1 aromatic carbocycles. The minimum Gasteiger partial charge on any atom is -0.439 e. The first-order valence-electron chi connectivity index (χ1n) is 5.93. The minimum absolute atomic E-state index is 0.465. The van der Waals surface area contributed by atoms with Crippen molar-refractivity contribution < 1.29 is 14.6 Å². The number of halogens is 1. The summed E-state index contributed by atoms with van der Waals surface area (Å²) >= 11 is 6.03. The summed E-state index contributed by atoms with van der Waals surface area (Å²) in [6.07, 6.45) is -1.34. The van der Waals surface area contributed by atoms with Crippen LogP contribution in [0, 0.1) is 0 Å². The van der Waals surface area contributed by atoms with E-state index in [1.165, 1.54) is 0 Å². The number of aliphatic hydroxyl groups excluding tert-OH is 1. The van der Waals surface area contributed by atoms with Gasteiger partial charge >= 0.3 is 6.09 Å². The summed E-state index contributed by atoms with van der Waals surface area (Å²) in [5.41, 5.74) is 0.598. The van der Waals surface area contributed by atoms with E-state index in [2.05, 4.69) is 5.32 Å². The second kappa shape index (κ2) is 7.24. The lowest BCUT2D eigenvalue weighted by atomic mass is 10.1. The van der Waals surface area contributed by atoms with Gasteiger partial charge in [0.25, 0.3) is 0 Å². The Bertz CT molecular complexity index is 396. The van der Waals surface area contributed by atoms with Crippen LogP contribution in [0.15, 0.2) is 24.3 Å². The zero-order valence-electron chi connectivity index (χ0n) is 10.5. The first-order chi connectivity index (χ1) is 8.56. The molecular formula is C13H18ClNO3. The van der Waals surface area contributed by atoms with E-state index in [0.717, 1.165) is 6.42 Å². The van der Waals surface area contributed by atoms with Gasteiger partial charge in [-0.3, -0.25) is 0 Å². The zero-order valence-corrected chi connectivity index (χ0v) is 11.3. The molecule has 100 valence electrons. The number of carbonyl (C=O) groups is 1. The van der Waals surface area contributed by atoms with Crippen molar-refractivity contribution in [2.24, 2.45) is 0 Å². The number of rotatable bonds is 5. The molecule has 2 N–H and O–H groups in total. The Morgan fingerprint density at radius 3 is 2.72 bits per heavy atom. The fraction of sp³-hybridized carbons (Fsp3) is 0.462. The molecule has 0 aliphatic rings. The van der Waals surface area contributed by atoms with Crippen molar-refractivity contribution in [3.63, 3.8) is 0 Å². The monoisotopic (exact) mass is 271 g/mol. The molecule has 0 heterocycles. The molecule has 1 amide bonds. The number of benzene rings is 1. The van der Waals surface area contributed by atoms with Crippen LogP contribution in [0.1, 0.15) is 31.9 Å². The molecule has 0 bridgehead atoms. The molecule has 0 aliphatic carbocycles. The topological polar surface area (TPSA) is 58.6 Å². The highest BCUT2D eigenvalue weighted by Gasteiger charge is 2.23. The van der Waals surface area contributed by atoms with E-state index in [-0.39, 0.29) is 0 Å². The van der Waals surface area contributed by atoms with Crippen molar-refractivity contribution in [2.45, 2.75) is 32.5 Å². The van der Waals surface area contributed by atoms with Gasteiger partial charge in [0.2, 0.25) is 0 Å². The van der Waals surface area contributed by atoms with Gasteiger partial charge in [0, 0.05) is 17.1 Å². The Kier molecular flexibility index (Phi) is 5.95. The van der Waals surface area contributed by atoms with Crippen LogP contribution in [0.4, 0.5) is 4.79 Å². The van der Waals surface area contributed by atoms with E-state index in [0.29, 0.717) is 17.1 Å². The van der Waals surface area contributed by atoms with E-state index >= 15 is 0 Å². The Morgan fingerprint density at radius 2 is 2.17 bits per heavy atom. The first-order valence-corrected chi connectivity index (χ1v) is 6.31. The Morgan fingerprint density at radius 1 is 1.50 bits per heavy atom. The van der Waals surface area contributed by atoms with E-state index in [1.807, 2.05) is 6.92 Å². The van der Waals surface area contributed by atoms with Crippen LogP contribution in [0.25, 0.3) is 0 Å². The van der Waals surface area contributed by atoms with Crippen molar-refractivity contribution in [3.8, 4) is 0 Å². The Labute approximate surface area is 112 Å². The van der Waals surface area contributed by atoms with Crippen molar-refractivity contribution in [2.75, 3.05) is 6.54 Å². The van der Waals surface area contributed by atoms with Gasteiger partial charge in [0.1, 0.15) is 0 Å². The number of nitrogens with one attached hydrogen (secondary N) is 1. The SMILES string of the molecule is CCCNC(=O)O[C@H](c1ccccc1Cl)[C@@H](C)O. The van der Waals surface area contributed by atoms with Crippen LogP contribution < -0.4 is 5.32 Å². The summed E-state index contributed by atoms with van der Waals surface area (Å²) in [7, 11) is 0. The van der Waals surface area contributed by atoms with E-state index in [4.69, 9.17) is 16.3 Å². The van der Waals surface area contributed by atoms with Crippen molar-refractivity contribution in [3.05, 3.63) is 34.9 Å². The molecule has 0 saturated carbocycles. The lowest BCUT2D eigenvalue weighted by Gasteiger charge is -2.22. The maximum Gasteiger partial charge on any atom is 0.407 e. The third kappa shape index (κ3) is 4.20. The van der Waals surface area contributed by atoms with Gasteiger partial charge in [-0.1, -0.05) is 36.7 Å². The maximum atomic E-state index is 11.5. The normalized spacial score (nSPS) is 13.8. The van der Waals surface area contributed by atoms with Crippen LogP contribution in [0.3, 0.4) is 0 Å². The molecule has 0 fully saturated rings. The standard InChI is InChI=1S/C13H18ClNO3/c1-3-8-15-13(17)18-12(9(2)16)10-6-4-5-7-11(10)14/h4-7,9,12,16H,3,8H2,1-2H3,(H,15,17)/t9-,12+/m1/s1. The number of carbonyl (C=O) groups excluding carboxylic acids is 1. The molecule has 0 saturated heterocycles. The van der Waals surface area contributed by atoms with Crippen LogP contribution in [-0.2, 0) is 4.74 Å². The largest absolute Gasteiger partial charge is 0.439 e. The van der Waals surface area contributed by atoms with Gasteiger partial charge in [-0.25, -0.2) is 4.79 Å². The molecule has 5 heteroatoms. The average Bonchev–Trinajstić information content (AvgIpc) is 2.34. The Balaban J connectivity index is 2.78. The summed E-state index contributed by atoms with van der Waals surface area (Å²) in [6.45, 7) is 4.04. The third-order valence-corrected chi connectivity index (χ3v) is 2.75. The highest BCUT2D eigenvalue weighted by molar-refractivity contribution is 6.31. The summed E-state index contributed by atoms with van der Waals surface area (Å²) in [6, 6.07) is 6.98. The van der Waals surface area contributed by atoms with Gasteiger partial charge in [-0.2, -0.15) is 0 Å². The van der Waals surface area contributed by atoms with Gasteiger partial charge in [-0.05, 0) is 19.4 Å². The van der Waals surface area contributed by atoms with Crippen LogP contribution in [-0.4, -0.2) is 23.8 Å². The molecule has 1 aromatic rings. The van der Waals surface area contributed by atoms with Crippen molar-refractivity contribution >= 4 is 17.7 Å². The summed E-state index contributed by atoms with van der Waals surface area (Å²) in [5, 5.41) is 12.8. The van der Waals surface area contributed by atoms with E-state index in [9.17, 15) is 9.90 Å². The van der Waals surface area contributed by atoms with Gasteiger partial charge < -0.3 is 15.2 Å². The lowest BCUT2D eigenvalue weighted by Crippen LogP contribution is -2.30. The van der Waals surface area contributed by atoms with Gasteiger partial charge in [0.15, 0.2) is 6.10 Å². The van der Waals surface area contributed by atoms with Crippen LogP contribution in [0.2, 0.25) is 5.02 Å². The lowest BCUT2D eigenvalue weighted by molar-refractivity contribution is 0.0108. The van der Waals surface area contributed by atoms with Crippen molar-refractivity contribution in [1.82, 2.24) is 5.32 Å². The summed E-state index contributed by atoms with van der Waals surface area (Å²) in [5.74, 6) is 0. The molecule has 0 unspecified atom stereocenters. The van der Waals surface area contributed by atoms with E-state index < -0.39 is 18.3 Å². The quantitative estimate of drug-likeness (QED) is 0.866. The van der Waals surface area contributed by atoms with Gasteiger partial charge in [-0.15, -0.1) is 0 Å². The molecule has 0 radical (unpaired) electrons. The summed E-state index contributed by atoms with van der Waals surface area (Å²) < 4.78 is 5.20. The number of ether oxygens (including phenoxy) is 1. The Hall–Kier alpha value is -1.26. The molecule has 0 aliphatic heterocycles. The fourth-order valence-corrected chi connectivity index (χ4v) is 1.75. The number of amides is 1. The molecule has 0 spiro atoms. The first kappa shape index (κ1) is 14.8. The third-order valence-electron chi connectivity index (χ3n) is 2.40. The van der Waals surface area contributed by atoms with Crippen LogP contribution in [0.5, 0.6) is 0 Å². The molecule has 2 atom stereocenters. The minimum atomic E-state index is -0.836. The molecule has 0 aromatic heterocycles. The molecule has 18 heavy (non-hydrogen) atoms. The molecular weight excluding hydrogens is 254 g/mol.